The van der Waals surface area contributed by atoms with Crippen LogP contribution in [0.3, 0.4) is 0 Å². The fraction of sp³-hybridized carbons (Fsp3) is 0.444. The summed E-state index contributed by atoms with van der Waals surface area (Å²) in [7, 11) is 2.03. The lowest BCUT2D eigenvalue weighted by molar-refractivity contribution is 0.540. The number of aromatic nitrogens is 2. The van der Waals surface area contributed by atoms with Gasteiger partial charge in [0.1, 0.15) is 0 Å². The maximum Gasteiger partial charge on any atom is 0.229 e. The maximum absolute atomic E-state index is 4.41. The fourth-order valence-corrected chi connectivity index (χ4v) is 3.21. The van der Waals surface area contributed by atoms with Gasteiger partial charge < -0.3 is 4.90 Å². The van der Waals surface area contributed by atoms with E-state index >= 15 is 0 Å². The number of aryl methyl sites for hydroxylation is 2. The number of hydrogen-bond acceptors (Lipinski definition) is 3. The van der Waals surface area contributed by atoms with E-state index < -0.39 is 0 Å². The molecule has 0 radical (unpaired) electrons. The summed E-state index contributed by atoms with van der Waals surface area (Å²) in [5.74, 6) is 1.49. The van der Waals surface area contributed by atoms with Gasteiger partial charge in [-0.05, 0) is 67.3 Å². The van der Waals surface area contributed by atoms with Crippen LogP contribution in [0.25, 0.3) is 0 Å². The van der Waals surface area contributed by atoms with Crippen LogP contribution < -0.4 is 4.90 Å². The summed E-state index contributed by atoms with van der Waals surface area (Å²) in [5.41, 5.74) is 5.31. The molecule has 1 heterocycles. The highest BCUT2D eigenvalue weighted by Crippen LogP contribution is 2.36. The zero-order valence-electron chi connectivity index (χ0n) is 13.1. The van der Waals surface area contributed by atoms with E-state index in [1.807, 2.05) is 26.4 Å². The molecule has 0 spiro atoms. The molecule has 3 nitrogen and oxygen atoms in total. The van der Waals surface area contributed by atoms with Crippen LogP contribution in [0.2, 0.25) is 0 Å². The molecule has 1 aromatic carbocycles. The lowest BCUT2D eigenvalue weighted by atomic mass is 9.81. The van der Waals surface area contributed by atoms with Crippen molar-refractivity contribution in [2.24, 2.45) is 0 Å². The zero-order valence-corrected chi connectivity index (χ0v) is 13.1. The largest absolute Gasteiger partial charge is 0.314 e. The van der Waals surface area contributed by atoms with Gasteiger partial charge in [0.2, 0.25) is 5.95 Å². The summed E-state index contributed by atoms with van der Waals surface area (Å²) in [6, 6.07) is 6.83. The van der Waals surface area contributed by atoms with Crippen LogP contribution in [-0.2, 0) is 6.42 Å². The molecule has 1 atom stereocenters. The number of anilines is 2. The van der Waals surface area contributed by atoms with Gasteiger partial charge >= 0.3 is 0 Å². The molecule has 0 bridgehead atoms. The van der Waals surface area contributed by atoms with E-state index in [0.29, 0.717) is 0 Å². The van der Waals surface area contributed by atoms with Crippen molar-refractivity contribution in [1.82, 2.24) is 9.97 Å². The SMILES string of the molecule is CC[C@@H]1CCCc2cc(N(C)c3ncc(C)cn3)ccc21. The van der Waals surface area contributed by atoms with Crippen molar-refractivity contribution in [2.75, 3.05) is 11.9 Å². The topological polar surface area (TPSA) is 29.0 Å². The zero-order chi connectivity index (χ0) is 14.8. The summed E-state index contributed by atoms with van der Waals surface area (Å²) in [5, 5.41) is 0. The second-order valence-corrected chi connectivity index (χ2v) is 6.00. The van der Waals surface area contributed by atoms with Gasteiger partial charge in [-0.3, -0.25) is 0 Å². The summed E-state index contributed by atoms with van der Waals surface area (Å²) in [6.07, 6.45) is 8.81. The summed E-state index contributed by atoms with van der Waals surface area (Å²) >= 11 is 0. The van der Waals surface area contributed by atoms with Crippen molar-refractivity contribution in [1.29, 1.82) is 0 Å². The van der Waals surface area contributed by atoms with Crippen molar-refractivity contribution < 1.29 is 0 Å². The van der Waals surface area contributed by atoms with Crippen LogP contribution in [-0.4, -0.2) is 17.0 Å². The van der Waals surface area contributed by atoms with Gasteiger partial charge in [-0.1, -0.05) is 13.0 Å². The Hall–Kier alpha value is -1.90. The first kappa shape index (κ1) is 14.1. The Morgan fingerprint density at radius 2 is 2.00 bits per heavy atom. The third-order valence-corrected chi connectivity index (χ3v) is 4.51. The van der Waals surface area contributed by atoms with Gasteiger partial charge in [-0.25, -0.2) is 9.97 Å². The third-order valence-electron chi connectivity index (χ3n) is 4.51. The monoisotopic (exact) mass is 281 g/mol. The molecule has 0 N–H and O–H groups in total. The Morgan fingerprint density at radius 1 is 1.24 bits per heavy atom. The predicted octanol–water partition coefficient (Wildman–Crippen LogP) is 4.38. The third kappa shape index (κ3) is 2.78. The molecule has 1 aliphatic rings. The minimum absolute atomic E-state index is 0.740. The second kappa shape index (κ2) is 5.84. The Kier molecular flexibility index (Phi) is 3.91. The molecule has 0 unspecified atom stereocenters. The molecule has 0 amide bonds. The quantitative estimate of drug-likeness (QED) is 0.836. The predicted molar refractivity (Wildman–Crippen MR) is 87.2 cm³/mol. The number of nitrogens with zero attached hydrogens (tertiary/aromatic N) is 3. The van der Waals surface area contributed by atoms with Gasteiger partial charge in [0.05, 0.1) is 0 Å². The molecule has 0 saturated heterocycles. The summed E-state index contributed by atoms with van der Waals surface area (Å²) in [4.78, 5) is 10.9. The molecule has 3 rings (SSSR count). The van der Waals surface area contributed by atoms with Crippen molar-refractivity contribution >= 4 is 11.6 Å². The van der Waals surface area contributed by atoms with Gasteiger partial charge in [0.25, 0.3) is 0 Å². The Balaban J connectivity index is 1.91. The highest BCUT2D eigenvalue weighted by atomic mass is 15.2. The maximum atomic E-state index is 4.41. The van der Waals surface area contributed by atoms with Crippen molar-refractivity contribution in [3.8, 4) is 0 Å². The number of rotatable bonds is 3. The lowest BCUT2D eigenvalue weighted by Gasteiger charge is -2.26. The van der Waals surface area contributed by atoms with Gasteiger partial charge in [0, 0.05) is 25.1 Å². The van der Waals surface area contributed by atoms with E-state index in [1.165, 1.54) is 36.9 Å². The minimum atomic E-state index is 0.740. The molecule has 110 valence electrons. The normalized spacial score (nSPS) is 17.4. The Bertz CT molecular complexity index is 619. The summed E-state index contributed by atoms with van der Waals surface area (Å²) < 4.78 is 0. The first-order valence-electron chi connectivity index (χ1n) is 7.84. The number of hydrogen-bond donors (Lipinski definition) is 0. The molecule has 21 heavy (non-hydrogen) atoms. The molecule has 0 saturated carbocycles. The minimum Gasteiger partial charge on any atom is -0.314 e. The van der Waals surface area contributed by atoms with E-state index in [-0.39, 0.29) is 0 Å². The average molecular weight is 281 g/mol. The van der Waals surface area contributed by atoms with Gasteiger partial charge in [0.15, 0.2) is 0 Å². The average Bonchev–Trinajstić information content (AvgIpc) is 2.53. The van der Waals surface area contributed by atoms with Crippen LogP contribution in [0.4, 0.5) is 11.6 Å². The second-order valence-electron chi connectivity index (χ2n) is 6.00. The standard InChI is InChI=1S/C18H23N3/c1-4-14-6-5-7-15-10-16(8-9-17(14)15)21(3)18-19-11-13(2)12-20-18/h8-12,14H,4-7H2,1-3H3/t14-/m1/s1. The highest BCUT2D eigenvalue weighted by Gasteiger charge is 2.19. The van der Waals surface area contributed by atoms with E-state index in [1.54, 1.807) is 5.56 Å². The van der Waals surface area contributed by atoms with E-state index in [0.717, 1.165) is 17.4 Å². The fourth-order valence-electron chi connectivity index (χ4n) is 3.21. The Morgan fingerprint density at radius 3 is 2.71 bits per heavy atom. The van der Waals surface area contributed by atoms with E-state index in [2.05, 4.69) is 40.0 Å². The van der Waals surface area contributed by atoms with Gasteiger partial charge in [-0.15, -0.1) is 0 Å². The van der Waals surface area contributed by atoms with E-state index in [9.17, 15) is 0 Å². The van der Waals surface area contributed by atoms with Crippen LogP contribution in [0.15, 0.2) is 30.6 Å². The molecule has 3 heteroatoms. The van der Waals surface area contributed by atoms with Crippen LogP contribution >= 0.6 is 0 Å². The first-order valence-corrected chi connectivity index (χ1v) is 7.84. The van der Waals surface area contributed by atoms with Crippen molar-refractivity contribution in [2.45, 2.75) is 45.4 Å². The molecule has 0 fully saturated rings. The van der Waals surface area contributed by atoms with Crippen molar-refractivity contribution in [3.63, 3.8) is 0 Å². The number of fused-ring (bicyclic) bond motifs is 1. The number of benzene rings is 1. The van der Waals surface area contributed by atoms with Crippen LogP contribution in [0.1, 0.15) is 48.8 Å². The molecule has 0 aliphatic heterocycles. The van der Waals surface area contributed by atoms with Crippen LogP contribution in [0, 0.1) is 6.92 Å². The summed E-state index contributed by atoms with van der Waals surface area (Å²) in [6.45, 7) is 4.30. The smallest absolute Gasteiger partial charge is 0.229 e. The molecule has 1 aliphatic carbocycles. The van der Waals surface area contributed by atoms with Crippen molar-refractivity contribution in [3.05, 3.63) is 47.3 Å². The van der Waals surface area contributed by atoms with E-state index in [4.69, 9.17) is 0 Å². The molecule has 1 aromatic heterocycles. The van der Waals surface area contributed by atoms with Crippen LogP contribution in [0.5, 0.6) is 0 Å². The Labute approximate surface area is 127 Å². The highest BCUT2D eigenvalue weighted by molar-refractivity contribution is 5.59. The molecule has 2 aromatic rings. The molecular weight excluding hydrogens is 258 g/mol. The molecular formula is C18H23N3. The lowest BCUT2D eigenvalue weighted by Crippen LogP contribution is -2.15. The van der Waals surface area contributed by atoms with Gasteiger partial charge in [-0.2, -0.15) is 0 Å². The first-order chi connectivity index (χ1) is 10.2.